The average molecular weight is 534 g/mol. The third kappa shape index (κ3) is 4.63. The molecule has 3 amide bonds. The first-order chi connectivity index (χ1) is 18.4. The van der Waals surface area contributed by atoms with Gasteiger partial charge in [-0.1, -0.05) is 45.4 Å². The van der Waals surface area contributed by atoms with Crippen molar-refractivity contribution in [1.82, 2.24) is 14.7 Å². The Hall–Kier alpha value is -2.92. The maximum Gasteiger partial charge on any atom is 0.246 e. The van der Waals surface area contributed by atoms with Gasteiger partial charge in [-0.25, -0.2) is 0 Å². The number of rotatable bonds is 5. The number of hydrogen-bond donors (Lipinski definition) is 1. The summed E-state index contributed by atoms with van der Waals surface area (Å²) in [6.07, 6.45) is 4.10. The van der Waals surface area contributed by atoms with Gasteiger partial charge in [-0.3, -0.25) is 19.3 Å². The maximum atomic E-state index is 14.4. The molecule has 1 N–H and O–H groups in total. The number of para-hydroxylation sites is 1. The number of carbonyl (C=O) groups excluding carboxylic acids is 3. The van der Waals surface area contributed by atoms with Gasteiger partial charge in [-0.05, 0) is 62.0 Å². The largest absolute Gasteiger partial charge is 0.332 e. The van der Waals surface area contributed by atoms with Gasteiger partial charge in [-0.2, -0.15) is 5.26 Å². The van der Waals surface area contributed by atoms with Crippen molar-refractivity contribution in [3.63, 3.8) is 0 Å². The molecule has 1 aromatic rings. The van der Waals surface area contributed by atoms with E-state index in [2.05, 4.69) is 50.9 Å². The van der Waals surface area contributed by atoms with E-state index in [0.717, 1.165) is 37.1 Å². The van der Waals surface area contributed by atoms with Crippen LogP contribution in [0.4, 0.5) is 5.69 Å². The summed E-state index contributed by atoms with van der Waals surface area (Å²) in [7, 11) is 1.77. The second-order valence-corrected chi connectivity index (χ2v) is 13.7. The standard InChI is InChI=1S/C31H43N5O3/c1-19(2)35-17-20-10-9-11-22(20)26(35)28(38)34(6)25(15-30(3,4)5)27(37)36-18-31(14-21(36)16-32)23-12-7-8-13-24(23)33-29(31)39/h7-8,12-13,19-22,25-26H,9-11,14-15,17-18H2,1-6H3,(H,33,39)/t20-,21-,22-,25-,26-,31-/m0/s1. The normalized spacial score (nSPS) is 30.8. The zero-order valence-electron chi connectivity index (χ0n) is 24.2. The fourth-order valence-corrected chi connectivity index (χ4v) is 7.70. The van der Waals surface area contributed by atoms with E-state index in [0.29, 0.717) is 18.3 Å². The number of nitrogens with zero attached hydrogens (tertiary/aromatic N) is 4. The smallest absolute Gasteiger partial charge is 0.246 e. The quantitative estimate of drug-likeness (QED) is 0.622. The van der Waals surface area contributed by atoms with Crippen LogP contribution in [0.5, 0.6) is 0 Å². The lowest BCUT2D eigenvalue weighted by molar-refractivity contribution is -0.149. The molecule has 210 valence electrons. The second kappa shape index (κ2) is 9.92. The van der Waals surface area contributed by atoms with Crippen molar-refractivity contribution in [2.45, 2.75) is 96.3 Å². The van der Waals surface area contributed by atoms with Crippen molar-refractivity contribution >= 4 is 23.4 Å². The molecule has 0 unspecified atom stereocenters. The summed E-state index contributed by atoms with van der Waals surface area (Å²) in [5.74, 6) is 0.467. The first-order valence-electron chi connectivity index (χ1n) is 14.5. The molecule has 1 aliphatic carbocycles. The minimum Gasteiger partial charge on any atom is -0.332 e. The summed E-state index contributed by atoms with van der Waals surface area (Å²) in [5, 5.41) is 13.1. The van der Waals surface area contributed by atoms with Crippen LogP contribution >= 0.6 is 0 Å². The monoisotopic (exact) mass is 533 g/mol. The van der Waals surface area contributed by atoms with Gasteiger partial charge in [0.2, 0.25) is 17.7 Å². The first-order valence-corrected chi connectivity index (χ1v) is 14.5. The molecule has 3 aliphatic heterocycles. The highest BCUT2D eigenvalue weighted by Crippen LogP contribution is 2.47. The number of nitrogens with one attached hydrogen (secondary N) is 1. The predicted molar refractivity (Wildman–Crippen MR) is 150 cm³/mol. The molecule has 1 aromatic carbocycles. The molecule has 2 saturated heterocycles. The Bertz CT molecular complexity index is 1200. The Balaban J connectivity index is 1.46. The molecule has 4 aliphatic rings. The van der Waals surface area contributed by atoms with Crippen LogP contribution in [0.2, 0.25) is 0 Å². The molecular formula is C31H43N5O3. The summed E-state index contributed by atoms with van der Waals surface area (Å²) in [5.41, 5.74) is 0.411. The summed E-state index contributed by atoms with van der Waals surface area (Å²) >= 11 is 0. The van der Waals surface area contributed by atoms with E-state index in [9.17, 15) is 19.6 Å². The molecular weight excluding hydrogens is 490 g/mol. The van der Waals surface area contributed by atoms with Crippen LogP contribution in [0.25, 0.3) is 0 Å². The summed E-state index contributed by atoms with van der Waals surface area (Å²) in [4.78, 5) is 47.5. The fourth-order valence-electron chi connectivity index (χ4n) is 7.70. The van der Waals surface area contributed by atoms with E-state index in [1.807, 2.05) is 24.3 Å². The molecule has 0 aromatic heterocycles. The first kappa shape index (κ1) is 27.6. The fraction of sp³-hybridized carbons (Fsp3) is 0.677. The number of hydrogen-bond acceptors (Lipinski definition) is 5. The van der Waals surface area contributed by atoms with Gasteiger partial charge >= 0.3 is 0 Å². The third-order valence-electron chi connectivity index (χ3n) is 9.66. The predicted octanol–water partition coefficient (Wildman–Crippen LogP) is 3.77. The molecule has 8 nitrogen and oxygen atoms in total. The third-order valence-corrected chi connectivity index (χ3v) is 9.66. The highest BCUT2D eigenvalue weighted by Gasteiger charge is 2.57. The number of fused-ring (bicyclic) bond motifs is 3. The lowest BCUT2D eigenvalue weighted by atomic mass is 9.80. The van der Waals surface area contributed by atoms with Gasteiger partial charge in [0.25, 0.3) is 0 Å². The summed E-state index contributed by atoms with van der Waals surface area (Å²) in [6, 6.07) is 8.42. The van der Waals surface area contributed by atoms with E-state index in [-0.39, 0.29) is 48.2 Å². The molecule has 3 heterocycles. The Kier molecular flexibility index (Phi) is 7.03. The number of nitriles is 1. The topological polar surface area (TPSA) is 96.8 Å². The SMILES string of the molecule is CC(C)N1C[C@@H]2CCC[C@@H]2[C@H]1C(=O)N(C)[C@@H](CC(C)(C)C)C(=O)N1C[C@]2(C[C@H]1C#N)C(=O)Nc1ccccc12. The molecule has 0 bridgehead atoms. The maximum absolute atomic E-state index is 14.4. The molecule has 39 heavy (non-hydrogen) atoms. The molecule has 1 spiro atoms. The van der Waals surface area contributed by atoms with E-state index in [1.165, 1.54) is 0 Å². The lowest BCUT2D eigenvalue weighted by Crippen LogP contribution is -2.57. The zero-order chi connectivity index (χ0) is 28.3. The van der Waals surface area contributed by atoms with Crippen molar-refractivity contribution in [2.24, 2.45) is 17.3 Å². The Morgan fingerprint density at radius 2 is 1.95 bits per heavy atom. The minimum absolute atomic E-state index is 0.00655. The highest BCUT2D eigenvalue weighted by molar-refractivity contribution is 6.07. The number of likely N-dealkylation sites (N-methyl/N-ethyl adjacent to an activating group) is 1. The molecule has 6 atom stereocenters. The minimum atomic E-state index is -0.946. The van der Waals surface area contributed by atoms with Crippen molar-refractivity contribution < 1.29 is 14.4 Å². The van der Waals surface area contributed by atoms with Crippen LogP contribution in [0.3, 0.4) is 0 Å². The van der Waals surface area contributed by atoms with Gasteiger partial charge in [0.1, 0.15) is 12.1 Å². The molecule has 0 radical (unpaired) electrons. The van der Waals surface area contributed by atoms with Gasteiger partial charge in [-0.15, -0.1) is 0 Å². The molecule has 3 fully saturated rings. The Morgan fingerprint density at radius 1 is 1.23 bits per heavy atom. The van der Waals surface area contributed by atoms with Crippen molar-refractivity contribution in [2.75, 3.05) is 25.5 Å². The highest BCUT2D eigenvalue weighted by atomic mass is 16.2. The zero-order valence-corrected chi connectivity index (χ0v) is 24.2. The van der Waals surface area contributed by atoms with Crippen molar-refractivity contribution in [3.8, 4) is 6.07 Å². The van der Waals surface area contributed by atoms with E-state index in [4.69, 9.17) is 0 Å². The lowest BCUT2D eigenvalue weighted by Gasteiger charge is -2.39. The number of anilines is 1. The number of amides is 3. The van der Waals surface area contributed by atoms with Gasteiger partial charge in [0.05, 0.1) is 17.5 Å². The molecule has 5 rings (SSSR count). The van der Waals surface area contributed by atoms with Crippen LogP contribution in [-0.2, 0) is 19.8 Å². The molecule has 1 saturated carbocycles. The van der Waals surface area contributed by atoms with E-state index >= 15 is 0 Å². The van der Waals surface area contributed by atoms with Crippen LogP contribution in [0, 0.1) is 28.6 Å². The van der Waals surface area contributed by atoms with Crippen LogP contribution in [-0.4, -0.2) is 76.7 Å². The number of benzene rings is 1. The summed E-state index contributed by atoms with van der Waals surface area (Å²) in [6.45, 7) is 11.6. The van der Waals surface area contributed by atoms with E-state index < -0.39 is 17.5 Å². The van der Waals surface area contributed by atoms with Crippen molar-refractivity contribution in [1.29, 1.82) is 5.26 Å². The van der Waals surface area contributed by atoms with Crippen LogP contribution in [0.1, 0.15) is 72.3 Å². The van der Waals surface area contributed by atoms with Gasteiger partial charge in [0, 0.05) is 38.3 Å². The van der Waals surface area contributed by atoms with Gasteiger partial charge in [0.15, 0.2) is 0 Å². The van der Waals surface area contributed by atoms with Gasteiger partial charge < -0.3 is 15.1 Å². The Morgan fingerprint density at radius 3 is 2.62 bits per heavy atom. The second-order valence-electron chi connectivity index (χ2n) is 13.7. The number of likely N-dealkylation sites (tertiary alicyclic amines) is 2. The van der Waals surface area contributed by atoms with E-state index in [1.54, 1.807) is 16.8 Å². The average Bonchev–Trinajstić information content (AvgIpc) is 3.63. The Labute approximate surface area is 232 Å². The van der Waals surface area contributed by atoms with Crippen LogP contribution < -0.4 is 5.32 Å². The number of carbonyl (C=O) groups is 3. The van der Waals surface area contributed by atoms with Crippen molar-refractivity contribution in [3.05, 3.63) is 29.8 Å². The van der Waals surface area contributed by atoms with Crippen LogP contribution in [0.15, 0.2) is 24.3 Å². The molecule has 8 heteroatoms. The summed E-state index contributed by atoms with van der Waals surface area (Å²) < 4.78 is 0.